The number of likely N-dealkylation sites (tertiary alicyclic amines) is 1. The number of rotatable bonds is 4. The molecule has 5 heteroatoms. The summed E-state index contributed by atoms with van der Waals surface area (Å²) in [5, 5.41) is 0. The van der Waals surface area contributed by atoms with E-state index in [4.69, 9.17) is 0 Å². The Hall–Kier alpha value is -3.86. The van der Waals surface area contributed by atoms with E-state index >= 15 is 0 Å². The number of carbonyl (C=O) groups excluding carboxylic acids is 3. The zero-order chi connectivity index (χ0) is 21.8. The van der Waals surface area contributed by atoms with Crippen molar-refractivity contribution in [2.24, 2.45) is 0 Å². The average molecular weight is 410 g/mol. The van der Waals surface area contributed by atoms with E-state index in [0.29, 0.717) is 28.9 Å². The number of aromatic nitrogens is 1. The van der Waals surface area contributed by atoms with Crippen molar-refractivity contribution in [1.82, 2.24) is 9.88 Å². The summed E-state index contributed by atoms with van der Waals surface area (Å²) in [4.78, 5) is 44.1. The summed E-state index contributed by atoms with van der Waals surface area (Å²) < 4.78 is 0. The minimum Gasteiger partial charge on any atom is -0.333 e. The normalized spacial score (nSPS) is 17.6. The van der Waals surface area contributed by atoms with Gasteiger partial charge in [-0.05, 0) is 42.8 Å². The zero-order valence-electron chi connectivity index (χ0n) is 17.2. The number of Topliss-reactive ketones (excluding diaryl/α,β-unsaturated/α-hetero) is 2. The number of benzene rings is 2. The maximum absolute atomic E-state index is 13.3. The number of pyridine rings is 1. The van der Waals surface area contributed by atoms with Crippen molar-refractivity contribution >= 4 is 23.5 Å². The molecule has 0 bridgehead atoms. The third kappa shape index (κ3) is 4.51. The quantitative estimate of drug-likeness (QED) is 0.478. The van der Waals surface area contributed by atoms with Crippen molar-refractivity contribution in [3.05, 3.63) is 107 Å². The van der Waals surface area contributed by atoms with Gasteiger partial charge >= 0.3 is 0 Å². The Balaban J connectivity index is 1.68. The number of piperidine rings is 1. The summed E-state index contributed by atoms with van der Waals surface area (Å²) in [5.41, 5.74) is 3.15. The molecule has 5 nitrogen and oxygen atoms in total. The first-order chi connectivity index (χ1) is 15.0. The number of ketones is 2. The molecule has 1 amide bonds. The summed E-state index contributed by atoms with van der Waals surface area (Å²) in [6.45, 7) is 2.01. The highest BCUT2D eigenvalue weighted by atomic mass is 16.2. The van der Waals surface area contributed by atoms with Crippen LogP contribution in [0, 0.1) is 0 Å². The van der Waals surface area contributed by atoms with Crippen LogP contribution >= 0.6 is 0 Å². The monoisotopic (exact) mass is 410 g/mol. The molecule has 0 radical (unpaired) electrons. The summed E-state index contributed by atoms with van der Waals surface area (Å²) in [5.74, 6) is -0.652. The molecule has 2 aromatic carbocycles. The summed E-state index contributed by atoms with van der Waals surface area (Å²) in [7, 11) is 0. The molecule has 0 saturated carbocycles. The Bertz CT molecular complexity index is 1140. The van der Waals surface area contributed by atoms with Gasteiger partial charge in [0, 0.05) is 36.0 Å². The second-order valence-electron chi connectivity index (χ2n) is 7.57. The van der Waals surface area contributed by atoms with Crippen LogP contribution < -0.4 is 0 Å². The molecule has 1 saturated heterocycles. The largest absolute Gasteiger partial charge is 0.333 e. The molecule has 2 heterocycles. The first kappa shape index (κ1) is 20.4. The molecule has 1 atom stereocenters. The van der Waals surface area contributed by atoms with Crippen LogP contribution in [0.5, 0.6) is 0 Å². The van der Waals surface area contributed by atoms with E-state index in [1.807, 2.05) is 48.5 Å². The van der Waals surface area contributed by atoms with Crippen LogP contribution in [0.1, 0.15) is 44.8 Å². The van der Waals surface area contributed by atoms with Gasteiger partial charge in [-0.1, -0.05) is 48.5 Å². The van der Waals surface area contributed by atoms with Gasteiger partial charge in [0.25, 0.3) is 5.91 Å². The second-order valence-corrected chi connectivity index (χ2v) is 7.57. The van der Waals surface area contributed by atoms with Crippen molar-refractivity contribution in [2.45, 2.75) is 12.8 Å². The summed E-state index contributed by atoms with van der Waals surface area (Å²) in [6, 6.07) is 21.7. The molecule has 4 rings (SSSR count). The van der Waals surface area contributed by atoms with Crippen LogP contribution in [0.2, 0.25) is 0 Å². The molecule has 1 fully saturated rings. The van der Waals surface area contributed by atoms with Crippen molar-refractivity contribution in [2.75, 3.05) is 13.1 Å². The van der Waals surface area contributed by atoms with Crippen molar-refractivity contribution in [1.29, 1.82) is 0 Å². The summed E-state index contributed by atoms with van der Waals surface area (Å²) in [6.07, 6.45) is 3.43. The summed E-state index contributed by atoms with van der Waals surface area (Å²) >= 11 is 0. The maximum Gasteiger partial charge on any atom is 0.254 e. The minimum absolute atomic E-state index is 0.00725. The van der Waals surface area contributed by atoms with Gasteiger partial charge in [0.15, 0.2) is 11.6 Å². The number of amides is 1. The van der Waals surface area contributed by atoms with Crippen LogP contribution in [-0.2, 0) is 4.79 Å². The Kier molecular flexibility index (Phi) is 5.85. The lowest BCUT2D eigenvalue weighted by molar-refractivity contribution is -0.118. The lowest BCUT2D eigenvalue weighted by Gasteiger charge is -2.34. The predicted molar refractivity (Wildman–Crippen MR) is 119 cm³/mol. The molecule has 0 N–H and O–H groups in total. The highest BCUT2D eigenvalue weighted by molar-refractivity contribution is 6.07. The fraction of sp³-hybridized carbons (Fsp3) is 0.154. The standard InChI is InChI=1S/C26H22N2O3/c1-18(29)19-10-12-21(13-11-19)26(31)28-16-22(15-23-9-5-6-14-27-23)25(30)24(17-28)20-7-3-2-4-8-20/h2-15,24H,16-17H2,1H3/b22-15-. The number of nitrogens with zero attached hydrogens (tertiary/aromatic N) is 2. The minimum atomic E-state index is -0.439. The van der Waals surface area contributed by atoms with Crippen LogP contribution in [0.3, 0.4) is 0 Å². The van der Waals surface area contributed by atoms with Crippen molar-refractivity contribution in [3.8, 4) is 0 Å². The Morgan fingerprint density at radius 3 is 2.26 bits per heavy atom. The fourth-order valence-electron chi connectivity index (χ4n) is 3.76. The van der Waals surface area contributed by atoms with Crippen LogP contribution in [0.15, 0.2) is 84.6 Å². The molecule has 154 valence electrons. The SMILES string of the molecule is CC(=O)c1ccc(C(=O)N2C/C(=C/c3ccccn3)C(=O)C(c3ccccc3)C2)cc1. The van der Waals surface area contributed by atoms with Gasteiger partial charge in [0.2, 0.25) is 0 Å². The molecule has 1 aliphatic heterocycles. The predicted octanol–water partition coefficient (Wildman–Crippen LogP) is 4.18. The zero-order valence-corrected chi connectivity index (χ0v) is 17.2. The molecule has 1 unspecified atom stereocenters. The Morgan fingerprint density at radius 1 is 0.935 bits per heavy atom. The molecular formula is C26H22N2O3. The maximum atomic E-state index is 13.3. The third-order valence-corrected chi connectivity index (χ3v) is 5.43. The van der Waals surface area contributed by atoms with E-state index in [-0.39, 0.29) is 24.0 Å². The van der Waals surface area contributed by atoms with E-state index in [1.165, 1.54) is 6.92 Å². The van der Waals surface area contributed by atoms with Crippen molar-refractivity contribution < 1.29 is 14.4 Å². The lowest BCUT2D eigenvalue weighted by atomic mass is 9.85. The molecule has 1 aliphatic rings. The van der Waals surface area contributed by atoms with Gasteiger partial charge in [0.1, 0.15) is 0 Å². The molecule has 3 aromatic rings. The number of hydrogen-bond acceptors (Lipinski definition) is 4. The molecule has 0 spiro atoms. The van der Waals surface area contributed by atoms with E-state index in [1.54, 1.807) is 41.4 Å². The first-order valence-corrected chi connectivity index (χ1v) is 10.1. The molecular weight excluding hydrogens is 388 g/mol. The van der Waals surface area contributed by atoms with E-state index < -0.39 is 5.92 Å². The third-order valence-electron chi connectivity index (χ3n) is 5.43. The Morgan fingerprint density at radius 2 is 1.61 bits per heavy atom. The van der Waals surface area contributed by atoms with Gasteiger partial charge in [-0.2, -0.15) is 0 Å². The van der Waals surface area contributed by atoms with E-state index in [2.05, 4.69) is 4.98 Å². The van der Waals surface area contributed by atoms with Gasteiger partial charge in [-0.25, -0.2) is 0 Å². The molecule has 0 aliphatic carbocycles. The first-order valence-electron chi connectivity index (χ1n) is 10.1. The lowest BCUT2D eigenvalue weighted by Crippen LogP contribution is -2.44. The molecule has 31 heavy (non-hydrogen) atoms. The fourth-order valence-corrected chi connectivity index (χ4v) is 3.76. The molecule has 1 aromatic heterocycles. The second kappa shape index (κ2) is 8.88. The Labute approximate surface area is 181 Å². The van der Waals surface area contributed by atoms with Crippen molar-refractivity contribution in [3.63, 3.8) is 0 Å². The number of hydrogen-bond donors (Lipinski definition) is 0. The van der Waals surface area contributed by atoms with Gasteiger partial charge < -0.3 is 4.90 Å². The highest BCUT2D eigenvalue weighted by Gasteiger charge is 2.34. The number of carbonyl (C=O) groups is 3. The van der Waals surface area contributed by atoms with Crippen LogP contribution in [-0.4, -0.2) is 40.4 Å². The van der Waals surface area contributed by atoms with Crippen LogP contribution in [0.4, 0.5) is 0 Å². The van der Waals surface area contributed by atoms with Gasteiger partial charge in [-0.3, -0.25) is 19.4 Å². The smallest absolute Gasteiger partial charge is 0.254 e. The van der Waals surface area contributed by atoms with E-state index in [9.17, 15) is 14.4 Å². The highest BCUT2D eigenvalue weighted by Crippen LogP contribution is 2.29. The average Bonchev–Trinajstić information content (AvgIpc) is 2.81. The van der Waals surface area contributed by atoms with Crippen LogP contribution in [0.25, 0.3) is 6.08 Å². The van der Waals surface area contributed by atoms with Gasteiger partial charge in [-0.15, -0.1) is 0 Å². The topological polar surface area (TPSA) is 67.3 Å². The van der Waals surface area contributed by atoms with E-state index in [0.717, 1.165) is 5.56 Å². The van der Waals surface area contributed by atoms with Gasteiger partial charge in [0.05, 0.1) is 11.6 Å².